The molecular formula is C17H23N5OS. The van der Waals surface area contributed by atoms with E-state index in [1.807, 2.05) is 4.90 Å². The topological polar surface area (TPSA) is 63.9 Å². The van der Waals surface area contributed by atoms with Crippen molar-refractivity contribution in [3.05, 3.63) is 27.7 Å². The van der Waals surface area contributed by atoms with E-state index in [0.717, 1.165) is 60.3 Å². The molecule has 4 rings (SSSR count). The third-order valence-corrected chi connectivity index (χ3v) is 6.15. The fourth-order valence-electron chi connectivity index (χ4n) is 3.75. The van der Waals surface area contributed by atoms with Crippen LogP contribution in [0.15, 0.2) is 6.20 Å². The quantitative estimate of drug-likeness (QED) is 0.858. The molecule has 4 heterocycles. The third kappa shape index (κ3) is 2.75. The molecule has 1 saturated heterocycles. The minimum Gasteiger partial charge on any atom is -0.328 e. The molecule has 7 heteroatoms. The van der Waals surface area contributed by atoms with Crippen molar-refractivity contribution in [2.45, 2.75) is 64.5 Å². The zero-order valence-corrected chi connectivity index (χ0v) is 14.9. The summed E-state index contributed by atoms with van der Waals surface area (Å²) in [5.41, 5.74) is 0. The molecule has 0 aliphatic carbocycles. The number of amides is 1. The van der Waals surface area contributed by atoms with Gasteiger partial charge in [-0.1, -0.05) is 13.3 Å². The largest absolute Gasteiger partial charge is 0.328 e. The van der Waals surface area contributed by atoms with Crippen LogP contribution in [-0.2, 0) is 19.4 Å². The average Bonchev–Trinajstić information content (AvgIpc) is 3.30. The van der Waals surface area contributed by atoms with Crippen LogP contribution in [0.3, 0.4) is 0 Å². The van der Waals surface area contributed by atoms with Crippen molar-refractivity contribution in [2.75, 3.05) is 6.54 Å². The van der Waals surface area contributed by atoms with Gasteiger partial charge in [-0.3, -0.25) is 4.79 Å². The number of carbonyl (C=O) groups is 1. The third-order valence-electron chi connectivity index (χ3n) is 5.02. The highest BCUT2D eigenvalue weighted by atomic mass is 32.1. The molecule has 0 N–H and O–H groups in total. The van der Waals surface area contributed by atoms with Crippen molar-refractivity contribution >= 4 is 17.2 Å². The van der Waals surface area contributed by atoms with Gasteiger partial charge in [0, 0.05) is 19.5 Å². The Labute approximate surface area is 145 Å². The summed E-state index contributed by atoms with van der Waals surface area (Å²) in [5, 5.41) is 9.91. The van der Waals surface area contributed by atoms with Crippen molar-refractivity contribution in [3.63, 3.8) is 0 Å². The molecule has 0 radical (unpaired) electrons. The lowest BCUT2D eigenvalue weighted by atomic mass is 10.2. The molecule has 2 aromatic heterocycles. The number of likely N-dealkylation sites (tertiary alicyclic amines) is 1. The van der Waals surface area contributed by atoms with E-state index in [9.17, 15) is 4.79 Å². The molecule has 1 atom stereocenters. The van der Waals surface area contributed by atoms with Crippen LogP contribution in [-0.4, -0.2) is 37.1 Å². The molecule has 0 unspecified atom stereocenters. The second kappa shape index (κ2) is 6.63. The molecule has 0 saturated carbocycles. The molecule has 0 spiro atoms. The van der Waals surface area contributed by atoms with E-state index in [-0.39, 0.29) is 11.9 Å². The zero-order valence-electron chi connectivity index (χ0n) is 14.1. The standard InChI is InChI=1S/C17H23N5OS/c1-2-15-18-11-13(24-15)17(23)21-10-6-7-12(21)16-20-19-14-8-4-3-5-9-22(14)16/h11-12H,2-10H2,1H3/t12-/m0/s1. The predicted molar refractivity (Wildman–Crippen MR) is 92.1 cm³/mol. The number of thiazole rings is 1. The summed E-state index contributed by atoms with van der Waals surface area (Å²) in [5.74, 6) is 2.17. The van der Waals surface area contributed by atoms with Gasteiger partial charge in [0.25, 0.3) is 5.91 Å². The second-order valence-corrected chi connectivity index (χ2v) is 7.68. The van der Waals surface area contributed by atoms with Crippen molar-refractivity contribution in [1.29, 1.82) is 0 Å². The van der Waals surface area contributed by atoms with Gasteiger partial charge < -0.3 is 9.47 Å². The number of fused-ring (bicyclic) bond motifs is 1. The van der Waals surface area contributed by atoms with E-state index in [1.54, 1.807) is 6.20 Å². The molecule has 2 aromatic rings. The first kappa shape index (κ1) is 15.7. The first-order chi connectivity index (χ1) is 11.8. The van der Waals surface area contributed by atoms with Gasteiger partial charge in [0.1, 0.15) is 10.7 Å². The summed E-state index contributed by atoms with van der Waals surface area (Å²) < 4.78 is 2.27. The lowest BCUT2D eigenvalue weighted by molar-refractivity contribution is 0.0731. The summed E-state index contributed by atoms with van der Waals surface area (Å²) in [6.07, 6.45) is 9.21. The molecule has 24 heavy (non-hydrogen) atoms. The van der Waals surface area contributed by atoms with Gasteiger partial charge >= 0.3 is 0 Å². The fourth-order valence-corrected chi connectivity index (χ4v) is 4.56. The number of rotatable bonds is 3. The highest BCUT2D eigenvalue weighted by molar-refractivity contribution is 7.13. The van der Waals surface area contributed by atoms with Crippen molar-refractivity contribution in [2.24, 2.45) is 0 Å². The fraction of sp³-hybridized carbons (Fsp3) is 0.647. The Morgan fingerprint density at radius 1 is 1.25 bits per heavy atom. The Morgan fingerprint density at radius 3 is 3.00 bits per heavy atom. The summed E-state index contributed by atoms with van der Waals surface area (Å²) in [6.45, 7) is 3.85. The normalized spacial score (nSPS) is 20.9. The molecule has 6 nitrogen and oxygen atoms in total. The van der Waals surface area contributed by atoms with Crippen LogP contribution in [0.5, 0.6) is 0 Å². The van der Waals surface area contributed by atoms with Gasteiger partial charge in [0.2, 0.25) is 0 Å². The van der Waals surface area contributed by atoms with Crippen molar-refractivity contribution in [3.8, 4) is 0 Å². The highest BCUT2D eigenvalue weighted by Crippen LogP contribution is 2.34. The van der Waals surface area contributed by atoms with E-state index in [0.29, 0.717) is 0 Å². The van der Waals surface area contributed by atoms with Crippen LogP contribution in [0.25, 0.3) is 0 Å². The number of aryl methyl sites for hydroxylation is 2. The van der Waals surface area contributed by atoms with Crippen LogP contribution in [0, 0.1) is 0 Å². The second-order valence-electron chi connectivity index (χ2n) is 6.57. The molecule has 1 amide bonds. The summed E-state index contributed by atoms with van der Waals surface area (Å²) >= 11 is 1.51. The summed E-state index contributed by atoms with van der Waals surface area (Å²) in [7, 11) is 0. The molecule has 0 bridgehead atoms. The minimum atomic E-state index is 0.0593. The lowest BCUT2D eigenvalue weighted by Gasteiger charge is -2.24. The average molecular weight is 345 g/mol. The highest BCUT2D eigenvalue weighted by Gasteiger charge is 2.35. The number of aromatic nitrogens is 4. The Hall–Kier alpha value is -1.76. The monoisotopic (exact) mass is 345 g/mol. The van der Waals surface area contributed by atoms with Crippen LogP contribution in [0.2, 0.25) is 0 Å². The first-order valence-electron chi connectivity index (χ1n) is 8.95. The Kier molecular flexibility index (Phi) is 4.35. The van der Waals surface area contributed by atoms with Gasteiger partial charge in [-0.2, -0.15) is 0 Å². The zero-order chi connectivity index (χ0) is 16.5. The Balaban J connectivity index is 1.61. The predicted octanol–water partition coefficient (Wildman–Crippen LogP) is 3.00. The maximum Gasteiger partial charge on any atom is 0.266 e. The number of nitrogens with zero attached hydrogens (tertiary/aromatic N) is 5. The number of hydrogen-bond donors (Lipinski definition) is 0. The summed E-state index contributed by atoms with van der Waals surface area (Å²) in [6, 6.07) is 0.0593. The molecular weight excluding hydrogens is 322 g/mol. The van der Waals surface area contributed by atoms with Crippen LogP contribution < -0.4 is 0 Å². The summed E-state index contributed by atoms with van der Waals surface area (Å²) in [4.78, 5) is 20.0. The van der Waals surface area contributed by atoms with Gasteiger partial charge in [0.15, 0.2) is 5.82 Å². The molecule has 1 fully saturated rings. The maximum absolute atomic E-state index is 13.0. The van der Waals surface area contributed by atoms with Gasteiger partial charge in [0.05, 0.1) is 17.2 Å². The number of hydrogen-bond acceptors (Lipinski definition) is 5. The van der Waals surface area contributed by atoms with E-state index in [2.05, 4.69) is 26.7 Å². The molecule has 2 aliphatic heterocycles. The van der Waals surface area contributed by atoms with Crippen molar-refractivity contribution < 1.29 is 4.79 Å². The Bertz CT molecular complexity index is 737. The van der Waals surface area contributed by atoms with Crippen molar-refractivity contribution in [1.82, 2.24) is 24.6 Å². The van der Waals surface area contributed by atoms with Gasteiger partial charge in [-0.15, -0.1) is 21.5 Å². The molecule has 2 aliphatic rings. The van der Waals surface area contributed by atoms with Crippen LogP contribution in [0.4, 0.5) is 0 Å². The number of carbonyl (C=O) groups excluding carboxylic acids is 1. The maximum atomic E-state index is 13.0. The van der Waals surface area contributed by atoms with Crippen LogP contribution >= 0.6 is 11.3 Å². The van der Waals surface area contributed by atoms with Gasteiger partial charge in [-0.05, 0) is 32.1 Å². The molecule has 128 valence electrons. The van der Waals surface area contributed by atoms with E-state index >= 15 is 0 Å². The van der Waals surface area contributed by atoms with E-state index in [4.69, 9.17) is 0 Å². The SMILES string of the molecule is CCc1ncc(C(=O)N2CCC[C@H]2c2nnc3n2CCCCC3)s1. The lowest BCUT2D eigenvalue weighted by Crippen LogP contribution is -2.31. The Morgan fingerprint density at radius 2 is 2.17 bits per heavy atom. The van der Waals surface area contributed by atoms with E-state index < -0.39 is 0 Å². The van der Waals surface area contributed by atoms with E-state index in [1.165, 1.54) is 30.6 Å². The van der Waals surface area contributed by atoms with Crippen LogP contribution in [0.1, 0.15) is 71.4 Å². The van der Waals surface area contributed by atoms with Gasteiger partial charge in [-0.25, -0.2) is 4.98 Å². The first-order valence-corrected chi connectivity index (χ1v) is 9.77. The smallest absolute Gasteiger partial charge is 0.266 e. The molecule has 0 aromatic carbocycles. The minimum absolute atomic E-state index is 0.0593.